The molecular weight excluding hydrogens is 415 g/mol. The van der Waals surface area contributed by atoms with Crippen LogP contribution in [0.4, 0.5) is 5.69 Å². The van der Waals surface area contributed by atoms with Gasteiger partial charge in [-0.15, -0.1) is 0 Å². The van der Waals surface area contributed by atoms with Crippen molar-refractivity contribution in [2.45, 2.75) is 26.3 Å². The van der Waals surface area contributed by atoms with Crippen molar-refractivity contribution in [2.24, 2.45) is 5.92 Å². The molecule has 0 radical (unpaired) electrons. The molecule has 0 aliphatic heterocycles. The topological polar surface area (TPSA) is 84.5 Å². The lowest BCUT2D eigenvalue weighted by Gasteiger charge is -2.21. The molecule has 6 nitrogen and oxygen atoms in total. The van der Waals surface area contributed by atoms with Crippen LogP contribution in [0.15, 0.2) is 48.5 Å². The number of carbonyl (C=O) groups is 3. The maximum absolute atomic E-state index is 12.4. The van der Waals surface area contributed by atoms with Crippen molar-refractivity contribution in [1.29, 1.82) is 0 Å². The van der Waals surface area contributed by atoms with Gasteiger partial charge in [0.25, 0.3) is 5.91 Å². The Morgan fingerprint density at radius 2 is 1.66 bits per heavy atom. The van der Waals surface area contributed by atoms with E-state index >= 15 is 0 Å². The van der Waals surface area contributed by atoms with Gasteiger partial charge in [-0.3, -0.25) is 9.59 Å². The highest BCUT2D eigenvalue weighted by molar-refractivity contribution is 6.44. The van der Waals surface area contributed by atoms with Crippen molar-refractivity contribution in [3.8, 4) is 0 Å². The lowest BCUT2D eigenvalue weighted by atomic mass is 10.0. The molecule has 0 unspecified atom stereocenters. The van der Waals surface area contributed by atoms with Crippen LogP contribution in [0.1, 0.15) is 19.4 Å². The van der Waals surface area contributed by atoms with Crippen LogP contribution in [-0.2, 0) is 25.5 Å². The second-order valence-corrected chi connectivity index (χ2v) is 7.49. The molecule has 0 saturated heterocycles. The van der Waals surface area contributed by atoms with Crippen LogP contribution in [-0.4, -0.2) is 30.4 Å². The zero-order valence-corrected chi connectivity index (χ0v) is 17.6. The number of benzene rings is 2. The fourth-order valence-electron chi connectivity index (χ4n) is 2.52. The second kappa shape index (κ2) is 10.8. The molecule has 0 fully saturated rings. The highest BCUT2D eigenvalue weighted by atomic mass is 35.5. The van der Waals surface area contributed by atoms with Crippen LogP contribution in [0.25, 0.3) is 0 Å². The first-order valence-electron chi connectivity index (χ1n) is 9.01. The number of halogens is 2. The van der Waals surface area contributed by atoms with Gasteiger partial charge in [0, 0.05) is 0 Å². The van der Waals surface area contributed by atoms with Gasteiger partial charge < -0.3 is 15.4 Å². The molecule has 2 rings (SSSR count). The van der Waals surface area contributed by atoms with Gasteiger partial charge in [0.15, 0.2) is 6.61 Å². The summed E-state index contributed by atoms with van der Waals surface area (Å²) in [5.74, 6) is -1.77. The fourth-order valence-corrected chi connectivity index (χ4v) is 2.86. The summed E-state index contributed by atoms with van der Waals surface area (Å²) in [6.07, 6.45) is 0.144. The van der Waals surface area contributed by atoms with Crippen LogP contribution in [0.2, 0.25) is 10.0 Å². The van der Waals surface area contributed by atoms with E-state index in [1.807, 2.05) is 30.3 Å². The monoisotopic (exact) mass is 436 g/mol. The predicted molar refractivity (Wildman–Crippen MR) is 113 cm³/mol. The highest BCUT2D eigenvalue weighted by Gasteiger charge is 2.26. The van der Waals surface area contributed by atoms with E-state index in [-0.39, 0.29) is 23.3 Å². The Morgan fingerprint density at radius 1 is 0.966 bits per heavy atom. The Labute approximate surface area is 179 Å². The van der Waals surface area contributed by atoms with Gasteiger partial charge in [0.1, 0.15) is 6.04 Å². The van der Waals surface area contributed by atoms with Gasteiger partial charge in [0.05, 0.1) is 22.2 Å². The number of ether oxygens (including phenoxy) is 1. The van der Waals surface area contributed by atoms with Gasteiger partial charge in [-0.2, -0.15) is 0 Å². The summed E-state index contributed by atoms with van der Waals surface area (Å²) in [6.45, 7) is 3.04. The number of nitrogens with one attached hydrogen (secondary N) is 2. The van der Waals surface area contributed by atoms with Crippen molar-refractivity contribution in [2.75, 3.05) is 11.9 Å². The zero-order chi connectivity index (χ0) is 21.4. The molecule has 154 valence electrons. The third kappa shape index (κ3) is 7.07. The Bertz CT molecular complexity index is 872. The summed E-state index contributed by atoms with van der Waals surface area (Å²) < 4.78 is 5.08. The molecule has 8 heteroatoms. The molecule has 29 heavy (non-hydrogen) atoms. The second-order valence-electron chi connectivity index (χ2n) is 6.71. The average molecular weight is 437 g/mol. The number of amides is 2. The third-order valence-corrected chi connectivity index (χ3v) is 4.83. The summed E-state index contributed by atoms with van der Waals surface area (Å²) in [5, 5.41) is 5.69. The summed E-state index contributed by atoms with van der Waals surface area (Å²) >= 11 is 11.9. The summed E-state index contributed by atoms with van der Waals surface area (Å²) in [4.78, 5) is 36.7. The average Bonchev–Trinajstić information content (AvgIpc) is 2.68. The maximum atomic E-state index is 12.4. The molecule has 0 aromatic heterocycles. The van der Waals surface area contributed by atoms with Gasteiger partial charge in [0.2, 0.25) is 5.91 Å². The minimum absolute atomic E-state index is 0.144. The molecule has 0 saturated carbocycles. The van der Waals surface area contributed by atoms with E-state index in [1.165, 1.54) is 0 Å². The number of hydrogen-bond donors (Lipinski definition) is 2. The molecule has 1 atom stereocenters. The number of rotatable bonds is 8. The van der Waals surface area contributed by atoms with Gasteiger partial charge >= 0.3 is 5.97 Å². The first-order chi connectivity index (χ1) is 13.8. The number of hydrogen-bond acceptors (Lipinski definition) is 4. The molecule has 0 heterocycles. The van der Waals surface area contributed by atoms with Crippen LogP contribution in [0.5, 0.6) is 0 Å². The van der Waals surface area contributed by atoms with E-state index in [0.717, 1.165) is 5.56 Å². The Hall–Kier alpha value is -2.57. The summed E-state index contributed by atoms with van der Waals surface area (Å²) in [6, 6.07) is 13.1. The van der Waals surface area contributed by atoms with Gasteiger partial charge in [-0.05, 0) is 23.6 Å². The van der Waals surface area contributed by atoms with E-state index in [9.17, 15) is 14.4 Å². The Kier molecular flexibility index (Phi) is 8.49. The van der Waals surface area contributed by atoms with Gasteiger partial charge in [-0.1, -0.05) is 73.4 Å². The molecule has 0 spiro atoms. The van der Waals surface area contributed by atoms with E-state index in [2.05, 4.69) is 10.6 Å². The minimum atomic E-state index is -0.867. The van der Waals surface area contributed by atoms with Crippen molar-refractivity contribution in [1.82, 2.24) is 5.32 Å². The van der Waals surface area contributed by atoms with Crippen molar-refractivity contribution in [3.63, 3.8) is 0 Å². The van der Waals surface area contributed by atoms with Crippen LogP contribution in [0, 0.1) is 5.92 Å². The summed E-state index contributed by atoms with van der Waals surface area (Å²) in [7, 11) is 0. The fraction of sp³-hybridized carbons (Fsp3) is 0.286. The summed E-state index contributed by atoms with van der Waals surface area (Å²) in [5.41, 5.74) is 1.15. The zero-order valence-electron chi connectivity index (χ0n) is 16.1. The van der Waals surface area contributed by atoms with Gasteiger partial charge in [-0.25, -0.2) is 4.79 Å². The molecule has 2 N–H and O–H groups in total. The van der Waals surface area contributed by atoms with Crippen LogP contribution >= 0.6 is 23.2 Å². The SMILES string of the molecule is CC(C)[C@H](NC(=O)Cc1ccccc1)C(=O)OCC(=O)Nc1cccc(Cl)c1Cl. The first-order valence-corrected chi connectivity index (χ1v) is 9.77. The van der Waals surface area contributed by atoms with Crippen molar-refractivity contribution in [3.05, 3.63) is 64.1 Å². The third-order valence-electron chi connectivity index (χ3n) is 4.02. The number of esters is 1. The van der Waals surface area contributed by atoms with Crippen LogP contribution in [0.3, 0.4) is 0 Å². The van der Waals surface area contributed by atoms with E-state index in [1.54, 1.807) is 32.0 Å². The number of anilines is 1. The molecule has 0 aliphatic rings. The van der Waals surface area contributed by atoms with Crippen molar-refractivity contribution < 1.29 is 19.1 Å². The van der Waals surface area contributed by atoms with E-state index < -0.39 is 24.5 Å². The Morgan fingerprint density at radius 3 is 2.31 bits per heavy atom. The molecule has 2 amide bonds. The minimum Gasteiger partial charge on any atom is -0.454 e. The highest BCUT2D eigenvalue weighted by Crippen LogP contribution is 2.29. The quantitative estimate of drug-likeness (QED) is 0.615. The lowest BCUT2D eigenvalue weighted by Crippen LogP contribution is -2.46. The maximum Gasteiger partial charge on any atom is 0.329 e. The Balaban J connectivity index is 1.89. The lowest BCUT2D eigenvalue weighted by molar-refractivity contribution is -0.151. The number of carbonyl (C=O) groups excluding carboxylic acids is 3. The smallest absolute Gasteiger partial charge is 0.329 e. The molecule has 2 aromatic rings. The predicted octanol–water partition coefficient (Wildman–Crippen LogP) is 3.86. The van der Waals surface area contributed by atoms with E-state index in [0.29, 0.717) is 10.7 Å². The van der Waals surface area contributed by atoms with E-state index in [4.69, 9.17) is 27.9 Å². The van der Waals surface area contributed by atoms with Crippen LogP contribution < -0.4 is 10.6 Å². The normalized spacial score (nSPS) is 11.6. The molecular formula is C21H22Cl2N2O4. The van der Waals surface area contributed by atoms with Crippen molar-refractivity contribution >= 4 is 46.7 Å². The first kappa shape index (κ1) is 22.7. The standard InChI is InChI=1S/C21H22Cl2N2O4/c1-13(2)20(25-17(26)11-14-7-4-3-5-8-14)21(28)29-12-18(27)24-16-10-6-9-15(22)19(16)23/h3-10,13,20H,11-12H2,1-2H3,(H,24,27)(H,25,26)/t20-/m0/s1. The largest absolute Gasteiger partial charge is 0.454 e. The molecule has 2 aromatic carbocycles. The molecule has 0 aliphatic carbocycles. The molecule has 0 bridgehead atoms.